The number of aromatic nitrogens is 2. The van der Waals surface area contributed by atoms with E-state index in [-0.39, 0.29) is 124 Å². The number of hydrogen-bond acceptors (Lipinski definition) is 23. The fourth-order valence-electron chi connectivity index (χ4n) is 17.0. The first-order chi connectivity index (χ1) is 57.0. The van der Waals surface area contributed by atoms with E-state index in [0.29, 0.717) is 36.3 Å². The zero-order valence-corrected chi connectivity index (χ0v) is 74.5. The number of halogens is 3. The number of likely N-dealkylation sites (tertiary alicyclic amines) is 1. The molecule has 9 aliphatic carbocycles. The summed E-state index contributed by atoms with van der Waals surface area (Å²) in [5.41, 5.74) is 28.5. The lowest BCUT2D eigenvalue weighted by atomic mass is 9.91. The number of ether oxygens (including phenoxy) is 4. The molecule has 32 nitrogen and oxygen atoms in total. The third kappa shape index (κ3) is 32.9. The first kappa shape index (κ1) is 101. The molecule has 5 heterocycles. The maximum absolute atomic E-state index is 14.3. The van der Waals surface area contributed by atoms with E-state index in [4.69, 9.17) is 75.9 Å². The molecule has 678 valence electrons. The quantitative estimate of drug-likeness (QED) is 0.0234. The highest BCUT2D eigenvalue weighted by Crippen LogP contribution is 2.41. The van der Waals surface area contributed by atoms with Gasteiger partial charge in [-0.05, 0) is 209 Å². The summed E-state index contributed by atoms with van der Waals surface area (Å²) in [6, 6.07) is 6.72. The number of alkyl carbamates (subject to hydrolysis) is 2. The molecule has 2 aromatic rings. The first-order valence-electron chi connectivity index (χ1n) is 43.1. The summed E-state index contributed by atoms with van der Waals surface area (Å²) in [6.45, 7) is 22.4. The van der Waals surface area contributed by atoms with Crippen LogP contribution in [0.25, 0.3) is 0 Å². The number of anilines is 4. The van der Waals surface area contributed by atoms with Crippen LogP contribution in [0.3, 0.4) is 0 Å². The maximum Gasteiger partial charge on any atom is 0.417 e. The minimum Gasteiger partial charge on any atom is -0.481 e. The number of benzene rings is 1. The van der Waals surface area contributed by atoms with Gasteiger partial charge in [0, 0.05) is 73.8 Å². The van der Waals surface area contributed by atoms with E-state index in [2.05, 4.69) is 90.3 Å². The number of aryl methyl sites for hydroxylation is 1. The van der Waals surface area contributed by atoms with Crippen LogP contribution in [0.15, 0.2) is 36.5 Å². The third-order valence-electron chi connectivity index (χ3n) is 23.4. The number of esters is 1. The summed E-state index contributed by atoms with van der Waals surface area (Å²) in [5, 5.41) is 26.1. The highest BCUT2D eigenvalue weighted by molar-refractivity contribution is 6.40. The summed E-state index contributed by atoms with van der Waals surface area (Å²) in [7, 11) is 3.51. The number of hydrogen-bond donors (Lipinski definition) is 12. The zero-order valence-electron chi connectivity index (χ0n) is 73.0. The summed E-state index contributed by atoms with van der Waals surface area (Å²) in [6.07, 6.45) is 31.8. The normalized spacial score (nSPS) is 27.8. The molecule has 35 heteroatoms. The number of carboxylic acids is 1. The van der Waals surface area contributed by atoms with Crippen molar-refractivity contribution in [1.29, 1.82) is 0 Å². The summed E-state index contributed by atoms with van der Waals surface area (Å²) >= 11 is 9.53. The Labute approximate surface area is 723 Å². The van der Waals surface area contributed by atoms with Crippen molar-refractivity contribution in [2.45, 2.75) is 301 Å². The summed E-state index contributed by atoms with van der Waals surface area (Å²) in [5.74, 6) is -1.90. The highest BCUT2D eigenvalue weighted by Gasteiger charge is 2.54. The molecule has 9 amide bonds. The van der Waals surface area contributed by atoms with Crippen molar-refractivity contribution in [3.8, 4) is 0 Å². The number of carbonyl (C=O) groups is 11. The molecule has 1 aromatic heterocycles. The molecule has 8 saturated carbocycles. The van der Waals surface area contributed by atoms with Crippen molar-refractivity contribution < 1.29 is 81.2 Å². The number of carbonyl (C=O) groups excluding carboxylic acids is 10. The van der Waals surface area contributed by atoms with Gasteiger partial charge in [0.05, 0.1) is 78.6 Å². The lowest BCUT2D eigenvalue weighted by Gasteiger charge is -2.41. The van der Waals surface area contributed by atoms with Crippen molar-refractivity contribution in [3.63, 3.8) is 0 Å². The molecule has 15 rings (SSSR count). The van der Waals surface area contributed by atoms with Crippen molar-refractivity contribution >= 4 is 112 Å². The van der Waals surface area contributed by atoms with Crippen molar-refractivity contribution in [2.24, 2.45) is 76.0 Å². The van der Waals surface area contributed by atoms with Gasteiger partial charge in [0.15, 0.2) is 11.6 Å². The Balaban J connectivity index is 0.000000220. The van der Waals surface area contributed by atoms with Crippen LogP contribution in [-0.4, -0.2) is 201 Å². The molecule has 13 aliphatic rings. The number of nitrogens with two attached hydrogens (primary N) is 5. The van der Waals surface area contributed by atoms with E-state index in [1.165, 1.54) is 49.8 Å². The van der Waals surface area contributed by atoms with Gasteiger partial charge in [-0.25, -0.2) is 28.7 Å². The number of allylic oxidation sites excluding steroid dienone is 2. The van der Waals surface area contributed by atoms with Crippen LogP contribution in [0.1, 0.15) is 235 Å². The van der Waals surface area contributed by atoms with Gasteiger partial charge in [0.25, 0.3) is 0 Å². The van der Waals surface area contributed by atoms with E-state index < -0.39 is 46.9 Å². The van der Waals surface area contributed by atoms with Gasteiger partial charge in [0.2, 0.25) is 41.4 Å². The van der Waals surface area contributed by atoms with Crippen LogP contribution in [0.2, 0.25) is 0 Å². The Kier molecular flexibility index (Phi) is 40.6. The first-order valence-corrected chi connectivity index (χ1v) is 44.1. The van der Waals surface area contributed by atoms with E-state index in [0.717, 1.165) is 172 Å². The van der Waals surface area contributed by atoms with E-state index in [1.54, 1.807) is 62.3 Å². The number of fused-ring (bicyclic) bond motifs is 3. The largest absolute Gasteiger partial charge is 0.481 e. The molecule has 0 bridgehead atoms. The minimum absolute atomic E-state index is 0.0301. The SMILES string of the molecule is C1=CCCC1.CC(C)(C)OC(=O)N1C(=O)[C@H]2CCC[C@H]21.CC(C)(C)OC(=O)N[C@@H]1CCC[C@@H]1C(N)=O.COC(=O)[C@H]1CCC[C@H]1NC(=O)OC(C)(C)C.Cc1cc(Nc2ncc(F)c(N[C@@H]3CCC[C@@H]3C(N)=O)n2)ccc1N1CCN(C)CC1.ClCCl.NC(=O)[C@H]1CCC[C@H]1N.N[C@H]1CCC[C@H]1C(=O)O.O=C1NC2CCCC12.O=C1N[C@@H]2C[CH+]C[C@H]12. The number of aliphatic carboxylic acids is 1. The predicted octanol–water partition coefficient (Wildman–Crippen LogP) is 10.8. The smallest absolute Gasteiger partial charge is 0.417 e. The number of methoxy groups -OCH3 is 1. The van der Waals surface area contributed by atoms with Crippen LogP contribution in [-0.2, 0) is 57.3 Å². The van der Waals surface area contributed by atoms with E-state index in [9.17, 15) is 57.1 Å². The molecule has 4 aliphatic heterocycles. The minimum atomic E-state index is -0.736. The average molecular weight is 1740 g/mol. The van der Waals surface area contributed by atoms with E-state index >= 15 is 0 Å². The van der Waals surface area contributed by atoms with Crippen LogP contribution >= 0.6 is 23.2 Å². The van der Waals surface area contributed by atoms with Crippen molar-refractivity contribution in [3.05, 3.63) is 54.3 Å². The molecule has 12 fully saturated rings. The zero-order chi connectivity index (χ0) is 89.6. The molecule has 1 aromatic carbocycles. The number of primary amides is 3. The highest BCUT2D eigenvalue weighted by atomic mass is 35.5. The number of nitrogens with zero attached hydrogens (tertiary/aromatic N) is 5. The van der Waals surface area contributed by atoms with Gasteiger partial charge in [-0.3, -0.25) is 38.4 Å². The number of rotatable bonds is 12. The second-order valence-electron chi connectivity index (χ2n) is 36.1. The van der Waals surface area contributed by atoms with Gasteiger partial charge in [-0.1, -0.05) is 57.1 Å². The van der Waals surface area contributed by atoms with Gasteiger partial charge < -0.3 is 94.4 Å². The second-order valence-corrected chi connectivity index (χ2v) is 36.9. The number of piperazine rings is 1. The lowest BCUT2D eigenvalue weighted by Crippen LogP contribution is -2.61. The Hall–Kier alpha value is -8.53. The Morgan fingerprint density at radius 3 is 1.51 bits per heavy atom. The summed E-state index contributed by atoms with van der Waals surface area (Å²) < 4.78 is 34.5. The van der Waals surface area contributed by atoms with Crippen LogP contribution in [0.5, 0.6) is 0 Å². The molecule has 121 heavy (non-hydrogen) atoms. The predicted molar refractivity (Wildman–Crippen MR) is 462 cm³/mol. The average Bonchev–Trinajstić information content (AvgIpc) is 1.64. The summed E-state index contributed by atoms with van der Waals surface area (Å²) in [4.78, 5) is 137. The lowest BCUT2D eigenvalue weighted by molar-refractivity contribution is -0.151. The molecule has 2 unspecified atom stereocenters. The Bertz CT molecular complexity index is 3710. The van der Waals surface area contributed by atoms with E-state index in [1.807, 2.05) is 12.1 Å². The fraction of sp³-hybridized carbons (Fsp3) is 0.721. The standard InChI is InChI=1S/C22H30FN7O.C12H21NO4.C11H20N2O3.C11H17NO3.C6H12N2O.C6H11NO2.C6H9NO.C6H7NO.C5H8.CH2Cl2/c1-14-12-15(6-7-19(14)30-10-8-29(2)9-11-30)26-22-25-13-17(23)21(28-22)27-18-5-3-4-16(18)20(24)31;1-12(2,3)17-11(15)13-9-7-5-6-8(9)10(14)16-4;1-11(2,3)16-10(15)13-8-6-4-5-7(8)9(12)14;1-11(2,3)15-10(14)12-8-6-4-5-7(8)9(12)13;2*7-5-3-1-2-4(5)6(8)9;2*8-6-4-2-1-3-5(4)7-6;1-2-4-5-3-1;2-1-3/h6-7,12-13,16,18H,3-5,8-11H2,1-2H3,(H2,24,31)(H2,25,26,27,28);8-9H,5-7H2,1-4H3,(H,13,15);7-8H,4-6H2,1-3H3,(H2,12,14)(H,13,15);7-8H,4-6H2,1-3H3;4-5H,1-3,7H2,(H2,8,9);4-5H,1-3,7H2,(H,8,9);4-5H,1-3H2,(H,7,8);1,4-5H,2-3H2;1-2H,3-5H2;1H2/p+1/t16-,18+;8-,9+;2*7-,8+;2*4-,5+;;4-,5+;;/m000001.0../s1. The molecule has 16 atom stereocenters. The Morgan fingerprint density at radius 2 is 1.07 bits per heavy atom. The number of likely N-dealkylation sites (N-methyl/N-ethyl adjacent to an activating group) is 1. The van der Waals surface area contributed by atoms with Gasteiger partial charge >= 0.3 is 30.2 Å². The molecule has 0 spiro atoms. The maximum atomic E-state index is 14.3. The number of imide groups is 1. The Morgan fingerprint density at radius 1 is 0.595 bits per heavy atom. The topological polar surface area (TPSA) is 483 Å². The fourth-order valence-corrected chi connectivity index (χ4v) is 17.0. The van der Waals surface area contributed by atoms with Gasteiger partial charge in [-0.2, -0.15) is 4.98 Å². The number of carboxylic acid groups (broad SMARTS) is 1. The van der Waals surface area contributed by atoms with Crippen molar-refractivity contribution in [2.75, 3.05) is 61.2 Å². The van der Waals surface area contributed by atoms with Gasteiger partial charge in [0.1, 0.15) is 35.6 Å². The number of amides is 9. The second kappa shape index (κ2) is 48.5. The molecular formula is C86H138Cl2FN16O16+. The monoisotopic (exact) mass is 1740 g/mol. The molecule has 0 radical (unpaired) electrons. The number of nitrogens with one attached hydrogen (secondary N) is 6. The van der Waals surface area contributed by atoms with Gasteiger partial charge in [-0.15, -0.1) is 23.2 Å². The third-order valence-corrected chi connectivity index (χ3v) is 23.4. The number of β-lactam (4-membered cyclic amide) rings is 3. The van der Waals surface area contributed by atoms with Crippen LogP contribution in [0.4, 0.5) is 41.9 Å². The number of alkyl halides is 2. The van der Waals surface area contributed by atoms with Crippen molar-refractivity contribution in [1.82, 2.24) is 41.0 Å². The van der Waals surface area contributed by atoms with Crippen LogP contribution in [0, 0.1) is 66.5 Å². The van der Waals surface area contributed by atoms with Crippen LogP contribution < -0.4 is 65.5 Å². The molecular weight excluding hydrogens is 1600 g/mol. The molecule has 4 saturated heterocycles. The molecule has 17 N–H and O–H groups in total.